The third-order valence-corrected chi connectivity index (χ3v) is 4.83. The van der Waals surface area contributed by atoms with Crippen LogP contribution in [0, 0.1) is 17.6 Å². The van der Waals surface area contributed by atoms with Gasteiger partial charge in [-0.25, -0.2) is 8.78 Å². The first-order chi connectivity index (χ1) is 11.0. The molecule has 1 amide bonds. The van der Waals surface area contributed by atoms with E-state index in [9.17, 15) is 13.6 Å². The lowest BCUT2D eigenvalue weighted by molar-refractivity contribution is -0.123. The third-order valence-electron chi connectivity index (χ3n) is 4.83. The van der Waals surface area contributed by atoms with E-state index in [0.29, 0.717) is 18.9 Å². The highest BCUT2D eigenvalue weighted by molar-refractivity contribution is 5.85. The Morgan fingerprint density at radius 3 is 2.62 bits per heavy atom. The summed E-state index contributed by atoms with van der Waals surface area (Å²) in [5.74, 6) is -1.22. The van der Waals surface area contributed by atoms with Gasteiger partial charge in [-0.05, 0) is 36.6 Å². The van der Waals surface area contributed by atoms with Crippen molar-refractivity contribution in [1.82, 2.24) is 10.6 Å². The predicted octanol–water partition coefficient (Wildman–Crippen LogP) is 3.77. The smallest absolute Gasteiger partial charge is 0.220 e. The molecule has 0 aromatic heterocycles. The zero-order valence-electron chi connectivity index (χ0n) is 14.3. The molecular weight excluding hydrogens is 334 g/mol. The SMILES string of the molecule is CCC(CC)CC(=O)NC1CNCCC1c1ccc(F)c(F)c1.Cl. The number of carbonyl (C=O) groups is 1. The first-order valence-electron chi connectivity index (χ1n) is 8.50. The molecule has 24 heavy (non-hydrogen) atoms. The van der Waals surface area contributed by atoms with E-state index in [0.717, 1.165) is 37.4 Å². The molecule has 1 fully saturated rings. The van der Waals surface area contributed by atoms with Crippen molar-refractivity contribution >= 4 is 18.3 Å². The summed E-state index contributed by atoms with van der Waals surface area (Å²) in [6, 6.07) is 3.95. The highest BCUT2D eigenvalue weighted by atomic mass is 35.5. The fraction of sp³-hybridized carbons (Fsp3) is 0.611. The maximum absolute atomic E-state index is 13.5. The topological polar surface area (TPSA) is 41.1 Å². The Labute approximate surface area is 149 Å². The zero-order chi connectivity index (χ0) is 16.8. The summed E-state index contributed by atoms with van der Waals surface area (Å²) in [4.78, 5) is 12.3. The average Bonchev–Trinajstić information content (AvgIpc) is 2.55. The molecule has 3 nitrogen and oxygen atoms in total. The van der Waals surface area contributed by atoms with Crippen LogP contribution in [0.2, 0.25) is 0 Å². The number of carbonyl (C=O) groups excluding carboxylic acids is 1. The van der Waals surface area contributed by atoms with E-state index < -0.39 is 11.6 Å². The standard InChI is InChI=1S/C18H26F2N2O.ClH/c1-3-12(4-2)9-18(23)22-17-11-21-8-7-14(17)13-5-6-15(19)16(20)10-13;/h5-6,10,12,14,17,21H,3-4,7-9,11H2,1-2H3,(H,22,23);1H. The summed E-state index contributed by atoms with van der Waals surface area (Å²) in [7, 11) is 0. The summed E-state index contributed by atoms with van der Waals surface area (Å²) >= 11 is 0. The lowest BCUT2D eigenvalue weighted by Gasteiger charge is -2.33. The second-order valence-electron chi connectivity index (χ2n) is 6.33. The van der Waals surface area contributed by atoms with Crippen LogP contribution in [-0.2, 0) is 4.79 Å². The van der Waals surface area contributed by atoms with Gasteiger partial charge in [0, 0.05) is 24.9 Å². The molecule has 0 spiro atoms. The van der Waals surface area contributed by atoms with Gasteiger partial charge in [0.1, 0.15) is 0 Å². The molecule has 2 unspecified atom stereocenters. The van der Waals surface area contributed by atoms with E-state index in [2.05, 4.69) is 24.5 Å². The lowest BCUT2D eigenvalue weighted by atomic mass is 9.85. The Bertz CT molecular complexity index is 538. The van der Waals surface area contributed by atoms with Crippen molar-refractivity contribution in [2.45, 2.75) is 51.5 Å². The quantitative estimate of drug-likeness (QED) is 0.810. The zero-order valence-corrected chi connectivity index (χ0v) is 15.1. The molecule has 1 aliphatic heterocycles. The molecule has 0 bridgehead atoms. The summed E-state index contributed by atoms with van der Waals surface area (Å²) in [5, 5.41) is 6.35. The van der Waals surface area contributed by atoms with Crippen LogP contribution in [0.3, 0.4) is 0 Å². The molecule has 2 rings (SSSR count). The maximum Gasteiger partial charge on any atom is 0.220 e. The first-order valence-corrected chi connectivity index (χ1v) is 8.50. The number of piperidine rings is 1. The first kappa shape index (κ1) is 20.8. The average molecular weight is 361 g/mol. The Morgan fingerprint density at radius 1 is 1.29 bits per heavy atom. The summed E-state index contributed by atoms with van der Waals surface area (Å²) in [5.41, 5.74) is 0.748. The Balaban J connectivity index is 0.00000288. The van der Waals surface area contributed by atoms with Crippen LogP contribution < -0.4 is 10.6 Å². The lowest BCUT2D eigenvalue weighted by Crippen LogP contribution is -2.50. The third kappa shape index (κ3) is 5.42. The van der Waals surface area contributed by atoms with Crippen LogP contribution in [0.15, 0.2) is 18.2 Å². The van der Waals surface area contributed by atoms with Gasteiger partial charge in [-0.15, -0.1) is 12.4 Å². The number of hydrogen-bond acceptors (Lipinski definition) is 2. The molecule has 0 aliphatic carbocycles. The minimum Gasteiger partial charge on any atom is -0.351 e. The molecule has 1 aromatic carbocycles. The van der Waals surface area contributed by atoms with Gasteiger partial charge in [0.25, 0.3) is 0 Å². The number of halogens is 3. The normalized spacial score (nSPS) is 20.5. The molecule has 2 atom stereocenters. The van der Waals surface area contributed by atoms with Gasteiger partial charge < -0.3 is 10.6 Å². The molecular formula is C18H27ClF2N2O. The van der Waals surface area contributed by atoms with Gasteiger partial charge in [-0.2, -0.15) is 0 Å². The van der Waals surface area contributed by atoms with Crippen molar-refractivity contribution in [3.63, 3.8) is 0 Å². The highest BCUT2D eigenvalue weighted by Crippen LogP contribution is 2.27. The van der Waals surface area contributed by atoms with E-state index in [1.807, 2.05) is 0 Å². The van der Waals surface area contributed by atoms with Crippen molar-refractivity contribution < 1.29 is 13.6 Å². The van der Waals surface area contributed by atoms with E-state index >= 15 is 0 Å². The minimum atomic E-state index is -0.836. The molecule has 0 radical (unpaired) electrons. The molecule has 6 heteroatoms. The monoisotopic (exact) mass is 360 g/mol. The van der Waals surface area contributed by atoms with E-state index in [1.165, 1.54) is 6.07 Å². The Hall–Kier alpha value is -1.20. The van der Waals surface area contributed by atoms with Gasteiger partial charge in [0.05, 0.1) is 0 Å². The Morgan fingerprint density at radius 2 is 2.00 bits per heavy atom. The van der Waals surface area contributed by atoms with Crippen LogP contribution in [0.5, 0.6) is 0 Å². The van der Waals surface area contributed by atoms with Gasteiger partial charge in [-0.1, -0.05) is 32.8 Å². The second kappa shape index (κ2) is 9.94. The summed E-state index contributed by atoms with van der Waals surface area (Å²) in [6.45, 7) is 5.64. The van der Waals surface area contributed by atoms with Gasteiger partial charge in [0.15, 0.2) is 11.6 Å². The van der Waals surface area contributed by atoms with Gasteiger partial charge >= 0.3 is 0 Å². The number of hydrogen-bond donors (Lipinski definition) is 2. The van der Waals surface area contributed by atoms with Crippen molar-refractivity contribution in [3.05, 3.63) is 35.4 Å². The molecule has 136 valence electrons. The Kier molecular flexibility index (Phi) is 8.63. The highest BCUT2D eigenvalue weighted by Gasteiger charge is 2.28. The second-order valence-corrected chi connectivity index (χ2v) is 6.33. The molecule has 1 heterocycles. The molecule has 1 aromatic rings. The van der Waals surface area contributed by atoms with E-state index in [-0.39, 0.29) is 30.3 Å². The number of rotatable bonds is 6. The molecule has 2 N–H and O–H groups in total. The summed E-state index contributed by atoms with van der Waals surface area (Å²) < 4.78 is 26.6. The predicted molar refractivity (Wildman–Crippen MR) is 94.5 cm³/mol. The molecule has 1 aliphatic rings. The van der Waals surface area contributed by atoms with E-state index in [4.69, 9.17) is 0 Å². The van der Waals surface area contributed by atoms with Crippen LogP contribution in [0.1, 0.15) is 51.0 Å². The van der Waals surface area contributed by atoms with Crippen LogP contribution in [-0.4, -0.2) is 25.0 Å². The number of nitrogens with one attached hydrogen (secondary N) is 2. The van der Waals surface area contributed by atoms with Crippen LogP contribution in [0.4, 0.5) is 8.78 Å². The molecule has 1 saturated heterocycles. The minimum absolute atomic E-state index is 0. The van der Waals surface area contributed by atoms with Crippen molar-refractivity contribution in [2.75, 3.05) is 13.1 Å². The van der Waals surface area contributed by atoms with Gasteiger partial charge in [0.2, 0.25) is 5.91 Å². The van der Waals surface area contributed by atoms with Gasteiger partial charge in [-0.3, -0.25) is 4.79 Å². The van der Waals surface area contributed by atoms with Crippen molar-refractivity contribution in [3.8, 4) is 0 Å². The fourth-order valence-electron chi connectivity index (χ4n) is 3.26. The molecule has 0 saturated carbocycles. The maximum atomic E-state index is 13.5. The van der Waals surface area contributed by atoms with Crippen molar-refractivity contribution in [2.24, 2.45) is 5.92 Å². The van der Waals surface area contributed by atoms with E-state index in [1.54, 1.807) is 6.07 Å². The summed E-state index contributed by atoms with van der Waals surface area (Å²) in [6.07, 6.45) is 3.29. The van der Waals surface area contributed by atoms with Crippen molar-refractivity contribution in [1.29, 1.82) is 0 Å². The largest absolute Gasteiger partial charge is 0.351 e. The van der Waals surface area contributed by atoms with Crippen LogP contribution in [0.25, 0.3) is 0 Å². The number of benzene rings is 1. The fourth-order valence-corrected chi connectivity index (χ4v) is 3.26. The van der Waals surface area contributed by atoms with Crippen LogP contribution >= 0.6 is 12.4 Å². The number of amides is 1.